The SMILES string of the molecule is COc1cc(Br)cc(-n2c(=S)[nH]c3c(Cl)cccc32)c1. The van der Waals surface area contributed by atoms with Crippen LogP contribution in [-0.2, 0) is 0 Å². The van der Waals surface area contributed by atoms with Crippen molar-refractivity contribution in [2.75, 3.05) is 7.11 Å². The Bertz CT molecular complexity index is 856. The monoisotopic (exact) mass is 368 g/mol. The number of hydrogen-bond acceptors (Lipinski definition) is 2. The summed E-state index contributed by atoms with van der Waals surface area (Å²) in [4.78, 5) is 3.14. The summed E-state index contributed by atoms with van der Waals surface area (Å²) in [5, 5.41) is 0.648. The van der Waals surface area contributed by atoms with E-state index in [0.29, 0.717) is 9.79 Å². The maximum absolute atomic E-state index is 6.19. The number of aromatic nitrogens is 2. The molecule has 0 unspecified atom stereocenters. The lowest BCUT2D eigenvalue weighted by Crippen LogP contribution is -1.95. The van der Waals surface area contributed by atoms with Gasteiger partial charge < -0.3 is 9.72 Å². The number of hydrogen-bond donors (Lipinski definition) is 1. The number of fused-ring (bicyclic) bond motifs is 1. The first-order chi connectivity index (χ1) is 9.60. The molecule has 1 heterocycles. The molecule has 102 valence electrons. The van der Waals surface area contributed by atoms with Crippen LogP contribution in [0.4, 0.5) is 0 Å². The lowest BCUT2D eigenvalue weighted by molar-refractivity contribution is 0.414. The van der Waals surface area contributed by atoms with Crippen LogP contribution in [0.15, 0.2) is 40.9 Å². The quantitative estimate of drug-likeness (QED) is 0.636. The zero-order valence-electron chi connectivity index (χ0n) is 10.5. The summed E-state index contributed by atoms with van der Waals surface area (Å²) in [6.45, 7) is 0. The zero-order chi connectivity index (χ0) is 14.3. The summed E-state index contributed by atoms with van der Waals surface area (Å²) in [5.41, 5.74) is 2.68. The van der Waals surface area contributed by atoms with Crippen LogP contribution < -0.4 is 4.74 Å². The molecule has 1 aromatic heterocycles. The summed E-state index contributed by atoms with van der Waals surface area (Å²) in [7, 11) is 1.64. The molecule has 0 aliphatic heterocycles. The second kappa shape index (κ2) is 5.24. The number of nitrogens with one attached hydrogen (secondary N) is 1. The number of ether oxygens (including phenoxy) is 1. The van der Waals surface area contributed by atoms with Gasteiger partial charge in [0.25, 0.3) is 0 Å². The molecule has 1 N–H and O–H groups in total. The van der Waals surface area contributed by atoms with Crippen LogP contribution in [0.25, 0.3) is 16.7 Å². The molecule has 20 heavy (non-hydrogen) atoms. The van der Waals surface area contributed by atoms with Crippen LogP contribution in [0.3, 0.4) is 0 Å². The zero-order valence-corrected chi connectivity index (χ0v) is 13.6. The fraction of sp³-hybridized carbons (Fsp3) is 0.0714. The van der Waals surface area contributed by atoms with Crippen LogP contribution in [0.2, 0.25) is 5.02 Å². The number of rotatable bonds is 2. The van der Waals surface area contributed by atoms with Gasteiger partial charge in [-0.2, -0.15) is 0 Å². The van der Waals surface area contributed by atoms with Gasteiger partial charge >= 0.3 is 0 Å². The van der Waals surface area contributed by atoms with Crippen LogP contribution in [0.1, 0.15) is 0 Å². The normalized spacial score (nSPS) is 10.9. The fourth-order valence-electron chi connectivity index (χ4n) is 2.15. The highest BCUT2D eigenvalue weighted by molar-refractivity contribution is 9.10. The van der Waals surface area contributed by atoms with E-state index >= 15 is 0 Å². The van der Waals surface area contributed by atoms with E-state index in [1.165, 1.54) is 0 Å². The van der Waals surface area contributed by atoms with Crippen molar-refractivity contribution in [2.45, 2.75) is 0 Å². The first-order valence-electron chi connectivity index (χ1n) is 5.84. The number of aromatic amines is 1. The molecule has 0 aliphatic rings. The highest BCUT2D eigenvalue weighted by Gasteiger charge is 2.10. The van der Waals surface area contributed by atoms with Gasteiger partial charge in [0.15, 0.2) is 4.77 Å². The molecule has 0 aliphatic carbocycles. The number of benzene rings is 2. The average molecular weight is 370 g/mol. The predicted octanol–water partition coefficient (Wildman–Crippen LogP) is 5.11. The summed E-state index contributed by atoms with van der Waals surface area (Å²) in [5.74, 6) is 0.757. The topological polar surface area (TPSA) is 29.9 Å². The summed E-state index contributed by atoms with van der Waals surface area (Å²) >= 11 is 15.1. The maximum Gasteiger partial charge on any atom is 0.182 e. The first-order valence-corrected chi connectivity index (χ1v) is 7.42. The number of imidazole rings is 1. The van der Waals surface area contributed by atoms with E-state index in [2.05, 4.69) is 20.9 Å². The van der Waals surface area contributed by atoms with E-state index in [-0.39, 0.29) is 0 Å². The third kappa shape index (κ3) is 2.26. The fourth-order valence-corrected chi connectivity index (χ4v) is 3.13. The second-order valence-electron chi connectivity index (χ2n) is 4.25. The minimum Gasteiger partial charge on any atom is -0.497 e. The minimum atomic E-state index is 0.591. The summed E-state index contributed by atoms with van der Waals surface area (Å²) in [6.07, 6.45) is 0. The van der Waals surface area contributed by atoms with Gasteiger partial charge in [0.05, 0.1) is 28.9 Å². The van der Waals surface area contributed by atoms with Crippen molar-refractivity contribution in [2.24, 2.45) is 0 Å². The molecule has 0 amide bonds. The molecule has 3 rings (SSSR count). The number of nitrogens with zero attached hydrogens (tertiary/aromatic N) is 1. The van der Waals surface area contributed by atoms with E-state index < -0.39 is 0 Å². The maximum atomic E-state index is 6.19. The highest BCUT2D eigenvalue weighted by Crippen LogP contribution is 2.29. The van der Waals surface area contributed by atoms with Crippen molar-refractivity contribution in [3.05, 3.63) is 50.7 Å². The Morgan fingerprint density at radius 2 is 2.10 bits per heavy atom. The Labute approximate surface area is 134 Å². The Kier molecular flexibility index (Phi) is 3.58. The van der Waals surface area contributed by atoms with Crippen molar-refractivity contribution < 1.29 is 4.74 Å². The standard InChI is InChI=1S/C14H10BrClN2OS/c1-19-10-6-8(15)5-9(7-10)18-12-4-2-3-11(16)13(12)17-14(18)20/h2-7H,1H3,(H,17,20). The molecule has 0 bridgehead atoms. The van der Waals surface area contributed by atoms with Crippen molar-refractivity contribution >= 4 is 50.8 Å². The molecule has 0 spiro atoms. The number of methoxy groups -OCH3 is 1. The Morgan fingerprint density at radius 1 is 1.30 bits per heavy atom. The molecule has 0 saturated heterocycles. The summed E-state index contributed by atoms with van der Waals surface area (Å²) in [6, 6.07) is 11.5. The largest absolute Gasteiger partial charge is 0.497 e. The molecule has 3 aromatic rings. The van der Waals surface area contributed by atoms with E-state index in [0.717, 1.165) is 26.9 Å². The van der Waals surface area contributed by atoms with Crippen molar-refractivity contribution in [3.63, 3.8) is 0 Å². The molecule has 3 nitrogen and oxygen atoms in total. The third-order valence-electron chi connectivity index (χ3n) is 3.02. The van der Waals surface area contributed by atoms with Crippen LogP contribution >= 0.6 is 39.7 Å². The molecule has 0 atom stereocenters. The molecule has 0 fully saturated rings. The van der Waals surface area contributed by atoms with E-state index in [1.54, 1.807) is 7.11 Å². The summed E-state index contributed by atoms with van der Waals surface area (Å²) < 4.78 is 8.74. The van der Waals surface area contributed by atoms with Gasteiger partial charge in [-0.05, 0) is 36.5 Å². The van der Waals surface area contributed by atoms with Gasteiger partial charge in [0, 0.05) is 10.5 Å². The third-order valence-corrected chi connectivity index (χ3v) is 4.07. The number of para-hydroxylation sites is 1. The van der Waals surface area contributed by atoms with Gasteiger partial charge in [0.2, 0.25) is 0 Å². The van der Waals surface area contributed by atoms with Gasteiger partial charge in [-0.3, -0.25) is 4.57 Å². The van der Waals surface area contributed by atoms with E-state index in [9.17, 15) is 0 Å². The lowest BCUT2D eigenvalue weighted by atomic mass is 10.2. The second-order valence-corrected chi connectivity index (χ2v) is 5.96. The van der Waals surface area contributed by atoms with E-state index in [4.69, 9.17) is 28.6 Å². The Morgan fingerprint density at radius 3 is 2.85 bits per heavy atom. The van der Waals surface area contributed by atoms with Crippen LogP contribution in [0.5, 0.6) is 5.75 Å². The highest BCUT2D eigenvalue weighted by atomic mass is 79.9. The molecule has 0 saturated carbocycles. The number of halogens is 2. The van der Waals surface area contributed by atoms with Crippen molar-refractivity contribution in [3.8, 4) is 11.4 Å². The average Bonchev–Trinajstić information content (AvgIpc) is 2.76. The predicted molar refractivity (Wildman–Crippen MR) is 87.7 cm³/mol. The Balaban J connectivity index is 2.35. The minimum absolute atomic E-state index is 0.591. The lowest BCUT2D eigenvalue weighted by Gasteiger charge is -2.08. The molecule has 2 aromatic carbocycles. The van der Waals surface area contributed by atoms with Gasteiger partial charge in [-0.15, -0.1) is 0 Å². The first kappa shape index (κ1) is 13.7. The van der Waals surface area contributed by atoms with Crippen LogP contribution in [0, 0.1) is 4.77 Å². The number of H-pyrrole nitrogens is 1. The van der Waals surface area contributed by atoms with Crippen molar-refractivity contribution in [1.82, 2.24) is 9.55 Å². The molecule has 6 heteroatoms. The molecular formula is C14H10BrClN2OS. The van der Waals surface area contributed by atoms with Crippen molar-refractivity contribution in [1.29, 1.82) is 0 Å². The Hall–Kier alpha value is -1.30. The van der Waals surface area contributed by atoms with Crippen LogP contribution in [-0.4, -0.2) is 16.7 Å². The smallest absolute Gasteiger partial charge is 0.182 e. The molecule has 0 radical (unpaired) electrons. The molecular weight excluding hydrogens is 360 g/mol. The van der Waals surface area contributed by atoms with Gasteiger partial charge in [-0.1, -0.05) is 33.6 Å². The van der Waals surface area contributed by atoms with E-state index in [1.807, 2.05) is 41.0 Å². The van der Waals surface area contributed by atoms with Gasteiger partial charge in [-0.25, -0.2) is 0 Å². The van der Waals surface area contributed by atoms with Gasteiger partial charge in [0.1, 0.15) is 5.75 Å².